The first-order valence-corrected chi connectivity index (χ1v) is 3.93. The number of rotatable bonds is 6. The normalized spacial score (nSPS) is 10.8. The molecule has 0 aromatic rings. The van der Waals surface area contributed by atoms with Crippen LogP contribution in [0.1, 0.15) is 12.8 Å². The predicted octanol–water partition coefficient (Wildman–Crippen LogP) is 0.752. The molecule has 0 atom stereocenters. The van der Waals surface area contributed by atoms with E-state index in [0.717, 1.165) is 19.5 Å². The number of likely N-dealkylation sites (N-methyl/N-ethyl adjacent to an activating group) is 2. The molecule has 0 aliphatic carbocycles. The molecule has 0 aromatic heterocycles. The Kier molecular flexibility index (Phi) is 6.98. The maximum Gasteiger partial charge on any atom is 0.0104 e. The van der Waals surface area contributed by atoms with Crippen LogP contribution in [0.3, 0.4) is 0 Å². The molecule has 0 aliphatic heterocycles. The molecule has 0 aromatic carbocycles. The third-order valence-corrected chi connectivity index (χ3v) is 1.53. The van der Waals surface area contributed by atoms with Gasteiger partial charge in [0.2, 0.25) is 0 Å². The van der Waals surface area contributed by atoms with Crippen molar-refractivity contribution in [2.45, 2.75) is 12.8 Å². The zero-order valence-electron chi connectivity index (χ0n) is 7.19. The molecule has 0 rings (SSSR count). The average molecular weight is 143 g/mol. The first-order chi connectivity index (χ1) is 4.81. The molecule has 0 fully saturated rings. The van der Waals surface area contributed by atoms with E-state index in [1.165, 1.54) is 13.0 Å². The molecule has 2 nitrogen and oxygen atoms in total. The van der Waals surface area contributed by atoms with Gasteiger partial charge in [0, 0.05) is 13.1 Å². The highest BCUT2D eigenvalue weighted by Gasteiger charge is 1.93. The Hall–Kier alpha value is -0.0800. The van der Waals surface area contributed by atoms with Crippen molar-refractivity contribution in [2.75, 3.05) is 33.7 Å². The van der Waals surface area contributed by atoms with Crippen molar-refractivity contribution < 1.29 is 0 Å². The number of unbranched alkanes of at least 4 members (excludes halogenated alkanes) is 1. The van der Waals surface area contributed by atoms with Gasteiger partial charge in [0.05, 0.1) is 0 Å². The number of nitrogens with one attached hydrogen (secondary N) is 1. The average Bonchev–Trinajstić information content (AvgIpc) is 1.97. The number of hydrogen-bond donors (Lipinski definition) is 1. The summed E-state index contributed by atoms with van der Waals surface area (Å²) >= 11 is 0. The summed E-state index contributed by atoms with van der Waals surface area (Å²) in [6.45, 7) is 7.18. The maximum atomic E-state index is 3.80. The molecule has 1 N–H and O–H groups in total. The molecule has 0 spiro atoms. The van der Waals surface area contributed by atoms with Crippen LogP contribution in [0.4, 0.5) is 0 Å². The van der Waals surface area contributed by atoms with E-state index in [9.17, 15) is 0 Å². The second-order valence-corrected chi connectivity index (χ2v) is 2.61. The van der Waals surface area contributed by atoms with Crippen LogP contribution in [0, 0.1) is 6.92 Å². The van der Waals surface area contributed by atoms with Crippen LogP contribution in [0.2, 0.25) is 0 Å². The lowest BCUT2D eigenvalue weighted by Gasteiger charge is -2.14. The lowest BCUT2D eigenvalue weighted by Crippen LogP contribution is -2.28. The van der Waals surface area contributed by atoms with Crippen molar-refractivity contribution in [1.29, 1.82) is 0 Å². The molecule has 0 bridgehead atoms. The summed E-state index contributed by atoms with van der Waals surface area (Å²) in [6.07, 6.45) is 2.25. The van der Waals surface area contributed by atoms with Crippen LogP contribution < -0.4 is 5.32 Å². The van der Waals surface area contributed by atoms with Gasteiger partial charge < -0.3 is 10.2 Å². The van der Waals surface area contributed by atoms with Crippen LogP contribution in [-0.2, 0) is 0 Å². The van der Waals surface area contributed by atoms with E-state index >= 15 is 0 Å². The smallest absolute Gasteiger partial charge is 0.0104 e. The van der Waals surface area contributed by atoms with Gasteiger partial charge in [0.1, 0.15) is 0 Å². The van der Waals surface area contributed by atoms with Crippen LogP contribution in [0.15, 0.2) is 0 Å². The molecule has 0 saturated heterocycles. The largest absolute Gasteiger partial charge is 0.318 e. The second kappa shape index (κ2) is 7.03. The maximum absolute atomic E-state index is 3.80. The highest BCUT2D eigenvalue weighted by Crippen LogP contribution is 1.89. The van der Waals surface area contributed by atoms with Gasteiger partial charge in [-0.1, -0.05) is 13.3 Å². The van der Waals surface area contributed by atoms with Crippen molar-refractivity contribution in [3.05, 3.63) is 6.92 Å². The van der Waals surface area contributed by atoms with Gasteiger partial charge in [-0.05, 0) is 27.1 Å². The molecule has 10 heavy (non-hydrogen) atoms. The number of nitrogens with zero attached hydrogens (tertiary/aromatic N) is 1. The van der Waals surface area contributed by atoms with E-state index in [4.69, 9.17) is 0 Å². The molecule has 0 aliphatic rings. The minimum absolute atomic E-state index is 1.05. The van der Waals surface area contributed by atoms with Crippen LogP contribution in [0.25, 0.3) is 0 Å². The van der Waals surface area contributed by atoms with Crippen LogP contribution >= 0.6 is 0 Å². The monoisotopic (exact) mass is 143 g/mol. The summed E-state index contributed by atoms with van der Waals surface area (Å²) in [5, 5.41) is 3.12. The van der Waals surface area contributed by atoms with Gasteiger partial charge in [-0.3, -0.25) is 0 Å². The topological polar surface area (TPSA) is 15.3 Å². The van der Waals surface area contributed by atoms with Gasteiger partial charge in [-0.2, -0.15) is 0 Å². The summed E-state index contributed by atoms with van der Waals surface area (Å²) in [6, 6.07) is 0. The Balaban J connectivity index is 3.00. The standard InChI is InChI=1S/C8H19N2/c1-4-5-7-10(3)8-6-9-2/h9H,1,4-8H2,2-3H3. The molecular formula is C8H19N2. The fourth-order valence-corrected chi connectivity index (χ4v) is 0.796. The Morgan fingerprint density at radius 2 is 2.10 bits per heavy atom. The quantitative estimate of drug-likeness (QED) is 0.590. The van der Waals surface area contributed by atoms with E-state index < -0.39 is 0 Å². The Bertz CT molecular complexity index is 56.3. The van der Waals surface area contributed by atoms with E-state index in [1.807, 2.05) is 7.05 Å². The third-order valence-electron chi connectivity index (χ3n) is 1.53. The second-order valence-electron chi connectivity index (χ2n) is 2.61. The minimum atomic E-state index is 1.05. The minimum Gasteiger partial charge on any atom is -0.318 e. The lowest BCUT2D eigenvalue weighted by atomic mass is 10.3. The van der Waals surface area contributed by atoms with E-state index in [0.29, 0.717) is 0 Å². The van der Waals surface area contributed by atoms with Crippen molar-refractivity contribution >= 4 is 0 Å². The number of hydrogen-bond acceptors (Lipinski definition) is 2. The summed E-state index contributed by atoms with van der Waals surface area (Å²) in [4.78, 5) is 2.32. The summed E-state index contributed by atoms with van der Waals surface area (Å²) in [7, 11) is 4.13. The van der Waals surface area contributed by atoms with E-state index in [-0.39, 0.29) is 0 Å². The summed E-state index contributed by atoms with van der Waals surface area (Å²) in [5.74, 6) is 0. The van der Waals surface area contributed by atoms with E-state index in [2.05, 4.69) is 24.2 Å². The lowest BCUT2D eigenvalue weighted by molar-refractivity contribution is 0.331. The molecule has 0 saturated carbocycles. The molecule has 61 valence electrons. The van der Waals surface area contributed by atoms with Gasteiger partial charge in [-0.25, -0.2) is 0 Å². The van der Waals surface area contributed by atoms with Crippen molar-refractivity contribution in [1.82, 2.24) is 10.2 Å². The first kappa shape index (κ1) is 9.92. The molecule has 0 amide bonds. The Morgan fingerprint density at radius 1 is 1.40 bits per heavy atom. The summed E-state index contributed by atoms with van der Waals surface area (Å²) < 4.78 is 0. The molecular weight excluding hydrogens is 124 g/mol. The fourth-order valence-electron chi connectivity index (χ4n) is 0.796. The highest BCUT2D eigenvalue weighted by molar-refractivity contribution is 4.53. The van der Waals surface area contributed by atoms with Gasteiger partial charge in [0.25, 0.3) is 0 Å². The zero-order valence-corrected chi connectivity index (χ0v) is 7.19. The van der Waals surface area contributed by atoms with Crippen molar-refractivity contribution in [3.63, 3.8) is 0 Å². The zero-order chi connectivity index (χ0) is 7.82. The van der Waals surface area contributed by atoms with E-state index in [1.54, 1.807) is 0 Å². The third kappa shape index (κ3) is 6.05. The Labute approximate surface area is 64.6 Å². The van der Waals surface area contributed by atoms with Crippen molar-refractivity contribution in [2.24, 2.45) is 0 Å². The molecule has 0 unspecified atom stereocenters. The first-order valence-electron chi connectivity index (χ1n) is 3.93. The summed E-state index contributed by atoms with van der Waals surface area (Å²) in [5.41, 5.74) is 0. The Morgan fingerprint density at radius 3 is 2.60 bits per heavy atom. The molecule has 0 heterocycles. The van der Waals surface area contributed by atoms with Gasteiger partial charge in [-0.15, -0.1) is 0 Å². The van der Waals surface area contributed by atoms with Gasteiger partial charge in [0.15, 0.2) is 0 Å². The van der Waals surface area contributed by atoms with Crippen molar-refractivity contribution in [3.8, 4) is 0 Å². The molecule has 2 heteroatoms. The molecule has 1 radical (unpaired) electrons. The predicted molar refractivity (Wildman–Crippen MR) is 46.0 cm³/mol. The van der Waals surface area contributed by atoms with Crippen LogP contribution in [-0.4, -0.2) is 38.6 Å². The van der Waals surface area contributed by atoms with Gasteiger partial charge >= 0.3 is 0 Å². The van der Waals surface area contributed by atoms with Crippen LogP contribution in [0.5, 0.6) is 0 Å². The fraction of sp³-hybridized carbons (Fsp3) is 0.875. The SMILES string of the molecule is [CH2]CCCN(C)CCNC. The highest BCUT2D eigenvalue weighted by atomic mass is 15.1.